The maximum Gasteiger partial charge on any atom is 0.265 e. The lowest BCUT2D eigenvalue weighted by atomic mass is 10.2. The number of H-pyrrole nitrogens is 1. The molecule has 8 heteroatoms. The average molecular weight is 329 g/mol. The highest BCUT2D eigenvalue weighted by Gasteiger charge is 2.24. The molecule has 1 heterocycles. The minimum Gasteiger partial charge on any atom is -0.314 e. The van der Waals surface area contributed by atoms with Crippen molar-refractivity contribution in [1.82, 2.24) is 15.5 Å². The van der Waals surface area contributed by atoms with Crippen LogP contribution in [0.3, 0.4) is 0 Å². The Bertz CT molecular complexity index is 756. The SMILES string of the molecule is CNCc1n[nH]c(C)c1S(=O)(=O)Nc1cccc(Cl)c1C. The highest BCUT2D eigenvalue weighted by atomic mass is 35.5. The summed E-state index contributed by atoms with van der Waals surface area (Å²) in [6.45, 7) is 3.79. The molecular formula is C13H17ClN4O2S. The normalized spacial score (nSPS) is 11.6. The molecule has 0 radical (unpaired) electrons. The lowest BCUT2D eigenvalue weighted by Gasteiger charge is -2.12. The quantitative estimate of drug-likeness (QED) is 0.785. The predicted octanol–water partition coefficient (Wildman–Crippen LogP) is 2.20. The first-order chi connectivity index (χ1) is 9.86. The molecule has 0 unspecified atom stereocenters. The maximum atomic E-state index is 12.6. The summed E-state index contributed by atoms with van der Waals surface area (Å²) in [5, 5.41) is 10.1. The Labute approximate surface area is 129 Å². The van der Waals surface area contributed by atoms with Crippen LogP contribution in [0.2, 0.25) is 5.02 Å². The second-order valence-electron chi connectivity index (χ2n) is 4.67. The van der Waals surface area contributed by atoms with Crippen LogP contribution >= 0.6 is 11.6 Å². The summed E-state index contributed by atoms with van der Waals surface area (Å²) in [5.41, 5.74) is 2.08. The Morgan fingerprint density at radius 2 is 2.05 bits per heavy atom. The van der Waals surface area contributed by atoms with Crippen molar-refractivity contribution in [3.63, 3.8) is 0 Å². The number of rotatable bonds is 5. The number of hydrogen-bond donors (Lipinski definition) is 3. The van der Waals surface area contributed by atoms with Crippen molar-refractivity contribution in [1.29, 1.82) is 0 Å². The van der Waals surface area contributed by atoms with Crippen LogP contribution in [0.5, 0.6) is 0 Å². The molecule has 0 saturated carbocycles. The molecule has 0 spiro atoms. The smallest absolute Gasteiger partial charge is 0.265 e. The summed E-state index contributed by atoms with van der Waals surface area (Å²) in [7, 11) is -2.00. The first kappa shape index (κ1) is 15.8. The summed E-state index contributed by atoms with van der Waals surface area (Å²) in [4.78, 5) is 0.163. The molecule has 1 aromatic heterocycles. The number of sulfonamides is 1. The summed E-state index contributed by atoms with van der Waals surface area (Å²) in [5.74, 6) is 0. The first-order valence-electron chi connectivity index (χ1n) is 6.33. The number of nitrogens with zero attached hydrogens (tertiary/aromatic N) is 1. The molecule has 0 amide bonds. The van der Waals surface area contributed by atoms with Gasteiger partial charge in [0.1, 0.15) is 4.90 Å². The van der Waals surface area contributed by atoms with E-state index in [1.165, 1.54) is 0 Å². The number of aromatic amines is 1. The zero-order chi connectivity index (χ0) is 15.6. The zero-order valence-electron chi connectivity index (χ0n) is 12.0. The summed E-state index contributed by atoms with van der Waals surface area (Å²) >= 11 is 6.02. The van der Waals surface area contributed by atoms with Gasteiger partial charge < -0.3 is 5.32 Å². The number of aryl methyl sites for hydroxylation is 1. The molecule has 0 bridgehead atoms. The third-order valence-electron chi connectivity index (χ3n) is 3.09. The molecule has 0 saturated heterocycles. The van der Waals surface area contributed by atoms with E-state index in [2.05, 4.69) is 20.2 Å². The average Bonchev–Trinajstić information content (AvgIpc) is 2.77. The zero-order valence-corrected chi connectivity index (χ0v) is 13.6. The number of anilines is 1. The highest BCUT2D eigenvalue weighted by Crippen LogP contribution is 2.27. The maximum absolute atomic E-state index is 12.6. The molecule has 0 aliphatic carbocycles. The molecule has 0 fully saturated rings. The summed E-state index contributed by atoms with van der Waals surface area (Å²) in [6, 6.07) is 5.08. The van der Waals surface area contributed by atoms with Crippen LogP contribution in [0.1, 0.15) is 17.0 Å². The van der Waals surface area contributed by atoms with E-state index in [0.29, 0.717) is 34.2 Å². The van der Waals surface area contributed by atoms with Crippen molar-refractivity contribution in [3.8, 4) is 0 Å². The van der Waals surface area contributed by atoms with Gasteiger partial charge in [0.25, 0.3) is 10.0 Å². The van der Waals surface area contributed by atoms with Gasteiger partial charge in [0, 0.05) is 11.6 Å². The molecule has 1 aromatic carbocycles. The number of aromatic nitrogens is 2. The van der Waals surface area contributed by atoms with Crippen LogP contribution in [0.4, 0.5) is 5.69 Å². The largest absolute Gasteiger partial charge is 0.314 e. The first-order valence-corrected chi connectivity index (χ1v) is 8.19. The van der Waals surface area contributed by atoms with Gasteiger partial charge in [-0.1, -0.05) is 17.7 Å². The third kappa shape index (κ3) is 3.20. The van der Waals surface area contributed by atoms with Gasteiger partial charge in [0.2, 0.25) is 0 Å². The van der Waals surface area contributed by atoms with Gasteiger partial charge in [-0.05, 0) is 38.6 Å². The Morgan fingerprint density at radius 1 is 1.33 bits per heavy atom. The van der Waals surface area contributed by atoms with E-state index in [1.54, 1.807) is 39.1 Å². The Kier molecular flexibility index (Phi) is 4.55. The van der Waals surface area contributed by atoms with Crippen molar-refractivity contribution < 1.29 is 8.42 Å². The second-order valence-corrected chi connectivity index (χ2v) is 6.70. The number of halogens is 1. The molecule has 0 aliphatic rings. The van der Waals surface area contributed by atoms with E-state index in [4.69, 9.17) is 11.6 Å². The molecule has 0 aliphatic heterocycles. The second kappa shape index (κ2) is 6.05. The van der Waals surface area contributed by atoms with Gasteiger partial charge >= 0.3 is 0 Å². The lowest BCUT2D eigenvalue weighted by molar-refractivity contribution is 0.598. The van der Waals surface area contributed by atoms with Crippen molar-refractivity contribution in [2.24, 2.45) is 0 Å². The molecule has 21 heavy (non-hydrogen) atoms. The van der Waals surface area contributed by atoms with Crippen molar-refractivity contribution in [3.05, 3.63) is 40.2 Å². The minimum atomic E-state index is -3.74. The van der Waals surface area contributed by atoms with E-state index in [0.717, 1.165) is 0 Å². The van der Waals surface area contributed by atoms with Gasteiger partial charge in [0.15, 0.2) is 0 Å². The fraction of sp³-hybridized carbons (Fsp3) is 0.308. The molecular weight excluding hydrogens is 312 g/mol. The molecule has 0 atom stereocenters. The van der Waals surface area contributed by atoms with Crippen LogP contribution < -0.4 is 10.0 Å². The van der Waals surface area contributed by atoms with E-state index in [9.17, 15) is 8.42 Å². The van der Waals surface area contributed by atoms with Gasteiger partial charge in [-0.15, -0.1) is 0 Å². The van der Waals surface area contributed by atoms with Crippen LogP contribution in [0.25, 0.3) is 0 Å². The predicted molar refractivity (Wildman–Crippen MR) is 83.1 cm³/mol. The van der Waals surface area contributed by atoms with E-state index < -0.39 is 10.0 Å². The van der Waals surface area contributed by atoms with E-state index in [1.807, 2.05) is 0 Å². The number of nitrogens with one attached hydrogen (secondary N) is 3. The minimum absolute atomic E-state index is 0.163. The molecule has 2 aromatic rings. The summed E-state index contributed by atoms with van der Waals surface area (Å²) in [6.07, 6.45) is 0. The Morgan fingerprint density at radius 3 is 2.71 bits per heavy atom. The van der Waals surface area contributed by atoms with Crippen molar-refractivity contribution in [2.45, 2.75) is 25.3 Å². The number of benzene rings is 1. The molecule has 3 N–H and O–H groups in total. The molecule has 6 nitrogen and oxygen atoms in total. The topological polar surface area (TPSA) is 86.9 Å². The van der Waals surface area contributed by atoms with Crippen LogP contribution in [0.15, 0.2) is 23.1 Å². The van der Waals surface area contributed by atoms with E-state index in [-0.39, 0.29) is 4.90 Å². The number of hydrogen-bond acceptors (Lipinski definition) is 4. The van der Waals surface area contributed by atoms with Crippen LogP contribution in [-0.2, 0) is 16.6 Å². The molecule has 114 valence electrons. The van der Waals surface area contributed by atoms with E-state index >= 15 is 0 Å². The molecule has 2 rings (SSSR count). The summed E-state index contributed by atoms with van der Waals surface area (Å²) < 4.78 is 27.8. The highest BCUT2D eigenvalue weighted by molar-refractivity contribution is 7.92. The monoisotopic (exact) mass is 328 g/mol. The van der Waals surface area contributed by atoms with Crippen molar-refractivity contribution >= 4 is 27.3 Å². The van der Waals surface area contributed by atoms with Crippen molar-refractivity contribution in [2.75, 3.05) is 11.8 Å². The fourth-order valence-electron chi connectivity index (χ4n) is 2.03. The fourth-order valence-corrected chi connectivity index (χ4v) is 3.69. The lowest BCUT2D eigenvalue weighted by Crippen LogP contribution is -2.18. The van der Waals surface area contributed by atoms with Gasteiger partial charge in [0.05, 0.1) is 17.1 Å². The third-order valence-corrected chi connectivity index (χ3v) is 5.06. The van der Waals surface area contributed by atoms with Gasteiger partial charge in [-0.3, -0.25) is 9.82 Å². The standard InChI is InChI=1S/C13H17ClN4O2S/c1-8-10(14)5-4-6-11(8)18-21(19,20)13-9(2)16-17-12(13)7-15-3/h4-6,15,18H,7H2,1-3H3,(H,16,17). The Hall–Kier alpha value is -1.57. The van der Waals surface area contributed by atoms with Crippen LogP contribution in [0, 0.1) is 13.8 Å². The van der Waals surface area contributed by atoms with Gasteiger partial charge in [-0.25, -0.2) is 8.42 Å². The Balaban J connectivity index is 2.44. The van der Waals surface area contributed by atoms with Crippen LogP contribution in [-0.4, -0.2) is 25.7 Å². The van der Waals surface area contributed by atoms with Gasteiger partial charge in [-0.2, -0.15) is 5.10 Å².